The van der Waals surface area contributed by atoms with Gasteiger partial charge >= 0.3 is 0 Å². The molecule has 0 amide bonds. The molecule has 0 unspecified atom stereocenters. The van der Waals surface area contributed by atoms with E-state index < -0.39 is 0 Å². The van der Waals surface area contributed by atoms with Crippen LogP contribution in [0.5, 0.6) is 0 Å². The molecule has 4 nitrogen and oxygen atoms in total. The first-order valence-corrected chi connectivity index (χ1v) is 7.03. The highest BCUT2D eigenvalue weighted by molar-refractivity contribution is 6.30. The zero-order chi connectivity index (χ0) is 13.0. The van der Waals surface area contributed by atoms with Crippen molar-refractivity contribution in [1.82, 2.24) is 14.9 Å². The lowest BCUT2D eigenvalue weighted by atomic mass is 10.0. The topological polar surface area (TPSA) is 41.1 Å². The van der Waals surface area contributed by atoms with E-state index in [1.807, 2.05) is 0 Å². The Labute approximate surface area is 114 Å². The standard InChI is InChI=1S/C13H21ClN4/c1-3-4-11-12(14)15-9-16-13(11)17-10-5-7-18(2)8-6-10/h9-10H,3-8H2,1-2H3,(H,15,16,17). The molecule has 0 spiro atoms. The van der Waals surface area contributed by atoms with Crippen molar-refractivity contribution in [1.29, 1.82) is 0 Å². The zero-order valence-electron chi connectivity index (χ0n) is 11.1. The highest BCUT2D eigenvalue weighted by Gasteiger charge is 2.18. The number of likely N-dealkylation sites (tertiary alicyclic amines) is 1. The van der Waals surface area contributed by atoms with Gasteiger partial charge in [-0.05, 0) is 39.4 Å². The fourth-order valence-corrected chi connectivity index (χ4v) is 2.56. The van der Waals surface area contributed by atoms with Gasteiger partial charge in [-0.25, -0.2) is 9.97 Å². The first-order valence-electron chi connectivity index (χ1n) is 6.65. The van der Waals surface area contributed by atoms with Gasteiger partial charge in [-0.15, -0.1) is 0 Å². The Bertz CT molecular complexity index is 389. The number of halogens is 1. The smallest absolute Gasteiger partial charge is 0.137 e. The molecule has 1 fully saturated rings. The van der Waals surface area contributed by atoms with Crippen LogP contribution in [0.2, 0.25) is 5.15 Å². The van der Waals surface area contributed by atoms with Crippen LogP contribution in [0.25, 0.3) is 0 Å². The van der Waals surface area contributed by atoms with Crippen LogP contribution < -0.4 is 5.32 Å². The third-order valence-electron chi connectivity index (χ3n) is 3.45. The molecule has 0 bridgehead atoms. The van der Waals surface area contributed by atoms with Crippen molar-refractivity contribution < 1.29 is 0 Å². The van der Waals surface area contributed by atoms with Crippen molar-refractivity contribution in [2.75, 3.05) is 25.5 Å². The second-order valence-electron chi connectivity index (χ2n) is 4.96. The molecule has 2 rings (SSSR count). The molecule has 0 aromatic carbocycles. The Morgan fingerprint density at radius 2 is 2.11 bits per heavy atom. The summed E-state index contributed by atoms with van der Waals surface area (Å²) >= 11 is 6.15. The van der Waals surface area contributed by atoms with Gasteiger partial charge in [0.2, 0.25) is 0 Å². The monoisotopic (exact) mass is 268 g/mol. The summed E-state index contributed by atoms with van der Waals surface area (Å²) in [5, 5.41) is 4.12. The maximum absolute atomic E-state index is 6.15. The normalized spacial score (nSPS) is 17.9. The van der Waals surface area contributed by atoms with Crippen LogP contribution in [0.4, 0.5) is 5.82 Å². The first-order chi connectivity index (χ1) is 8.70. The number of anilines is 1. The van der Waals surface area contributed by atoms with Gasteiger partial charge in [-0.3, -0.25) is 0 Å². The number of hydrogen-bond acceptors (Lipinski definition) is 4. The lowest BCUT2D eigenvalue weighted by molar-refractivity contribution is 0.263. The van der Waals surface area contributed by atoms with Crippen molar-refractivity contribution in [2.24, 2.45) is 0 Å². The molecule has 18 heavy (non-hydrogen) atoms. The van der Waals surface area contributed by atoms with E-state index in [9.17, 15) is 0 Å². The van der Waals surface area contributed by atoms with Gasteiger partial charge in [0.15, 0.2) is 0 Å². The van der Waals surface area contributed by atoms with E-state index in [-0.39, 0.29) is 0 Å². The minimum Gasteiger partial charge on any atom is -0.367 e. The van der Waals surface area contributed by atoms with Gasteiger partial charge in [0.05, 0.1) is 0 Å². The van der Waals surface area contributed by atoms with Crippen LogP contribution >= 0.6 is 11.6 Å². The van der Waals surface area contributed by atoms with E-state index in [2.05, 4.69) is 34.2 Å². The lowest BCUT2D eigenvalue weighted by Gasteiger charge is -2.30. The fraction of sp³-hybridized carbons (Fsp3) is 0.692. The van der Waals surface area contributed by atoms with Crippen molar-refractivity contribution in [2.45, 2.75) is 38.6 Å². The second kappa shape index (κ2) is 6.34. The molecule has 1 aromatic rings. The maximum Gasteiger partial charge on any atom is 0.137 e. The zero-order valence-corrected chi connectivity index (χ0v) is 11.9. The van der Waals surface area contributed by atoms with Crippen LogP contribution in [0.15, 0.2) is 6.33 Å². The summed E-state index contributed by atoms with van der Waals surface area (Å²) in [5.74, 6) is 0.923. The quantitative estimate of drug-likeness (QED) is 0.853. The Kier molecular flexibility index (Phi) is 4.78. The summed E-state index contributed by atoms with van der Waals surface area (Å²) in [6.45, 7) is 4.42. The number of aromatic nitrogens is 2. The third kappa shape index (κ3) is 3.33. The summed E-state index contributed by atoms with van der Waals surface area (Å²) < 4.78 is 0. The minimum absolute atomic E-state index is 0.503. The Balaban J connectivity index is 2.06. The molecule has 1 aliphatic rings. The molecule has 5 heteroatoms. The van der Waals surface area contributed by atoms with Gasteiger partial charge in [-0.1, -0.05) is 24.9 Å². The molecule has 100 valence electrons. The number of rotatable bonds is 4. The number of nitrogens with zero attached hydrogens (tertiary/aromatic N) is 3. The number of piperidine rings is 1. The van der Waals surface area contributed by atoms with Gasteiger partial charge < -0.3 is 10.2 Å². The lowest BCUT2D eigenvalue weighted by Crippen LogP contribution is -2.37. The molecular weight excluding hydrogens is 248 g/mol. The summed E-state index contributed by atoms with van der Waals surface area (Å²) in [6.07, 6.45) is 5.83. The summed E-state index contributed by atoms with van der Waals surface area (Å²) in [7, 11) is 2.17. The Hall–Kier alpha value is -0.870. The largest absolute Gasteiger partial charge is 0.367 e. The SMILES string of the molecule is CCCc1c(Cl)ncnc1NC1CCN(C)CC1. The van der Waals surface area contributed by atoms with Crippen molar-refractivity contribution >= 4 is 17.4 Å². The highest BCUT2D eigenvalue weighted by Crippen LogP contribution is 2.23. The molecule has 0 aliphatic carbocycles. The summed E-state index contributed by atoms with van der Waals surface area (Å²) in [4.78, 5) is 10.8. The molecule has 1 N–H and O–H groups in total. The molecule has 1 aliphatic heterocycles. The van der Waals surface area contributed by atoms with Crippen molar-refractivity contribution in [3.8, 4) is 0 Å². The van der Waals surface area contributed by atoms with Crippen molar-refractivity contribution in [3.05, 3.63) is 17.0 Å². The molecule has 0 saturated carbocycles. The predicted octanol–water partition coefficient (Wildman–Crippen LogP) is 2.59. The maximum atomic E-state index is 6.15. The number of nitrogens with one attached hydrogen (secondary N) is 1. The van der Waals surface area contributed by atoms with E-state index in [1.165, 1.54) is 0 Å². The van der Waals surface area contributed by atoms with Crippen molar-refractivity contribution in [3.63, 3.8) is 0 Å². The van der Waals surface area contributed by atoms with E-state index >= 15 is 0 Å². The molecule has 1 saturated heterocycles. The number of hydrogen-bond donors (Lipinski definition) is 1. The molecule has 2 heterocycles. The molecule has 1 aromatic heterocycles. The van der Waals surface area contributed by atoms with Gasteiger partial charge in [0, 0.05) is 11.6 Å². The Morgan fingerprint density at radius 3 is 2.78 bits per heavy atom. The second-order valence-corrected chi connectivity index (χ2v) is 5.32. The average Bonchev–Trinajstić information content (AvgIpc) is 2.36. The van der Waals surface area contributed by atoms with Crippen LogP contribution in [0.1, 0.15) is 31.7 Å². The van der Waals surface area contributed by atoms with E-state index in [0.29, 0.717) is 11.2 Å². The summed E-state index contributed by atoms with van der Waals surface area (Å²) in [6, 6.07) is 0.503. The van der Waals surface area contributed by atoms with Crippen LogP contribution in [0, 0.1) is 0 Å². The van der Waals surface area contributed by atoms with Gasteiger partial charge in [0.25, 0.3) is 0 Å². The molecule has 0 atom stereocenters. The van der Waals surface area contributed by atoms with E-state index in [1.54, 1.807) is 6.33 Å². The van der Waals surface area contributed by atoms with E-state index in [4.69, 9.17) is 11.6 Å². The van der Waals surface area contributed by atoms with Crippen LogP contribution in [-0.4, -0.2) is 41.0 Å². The third-order valence-corrected chi connectivity index (χ3v) is 3.78. The van der Waals surface area contributed by atoms with Crippen LogP contribution in [-0.2, 0) is 6.42 Å². The molecule has 0 radical (unpaired) electrons. The van der Waals surface area contributed by atoms with Gasteiger partial charge in [0.1, 0.15) is 17.3 Å². The van der Waals surface area contributed by atoms with E-state index in [0.717, 1.165) is 50.2 Å². The predicted molar refractivity (Wildman–Crippen MR) is 75.2 cm³/mol. The minimum atomic E-state index is 0.503. The Morgan fingerprint density at radius 1 is 1.39 bits per heavy atom. The average molecular weight is 269 g/mol. The van der Waals surface area contributed by atoms with Crippen LogP contribution in [0.3, 0.4) is 0 Å². The van der Waals surface area contributed by atoms with Gasteiger partial charge in [-0.2, -0.15) is 0 Å². The highest BCUT2D eigenvalue weighted by atomic mass is 35.5. The molecular formula is C13H21ClN4. The summed E-state index contributed by atoms with van der Waals surface area (Å²) in [5.41, 5.74) is 1.06. The first kappa shape index (κ1) is 13.6. The fourth-order valence-electron chi connectivity index (χ4n) is 2.33.